The molecule has 2 heterocycles. The minimum atomic E-state index is -1.15. The zero-order valence-corrected chi connectivity index (χ0v) is 14.3. The molecule has 2 N–H and O–H groups in total. The Kier molecular flexibility index (Phi) is 5.02. The first-order valence-electron chi connectivity index (χ1n) is 8.59. The average Bonchev–Trinajstić information content (AvgIpc) is 3.35. The summed E-state index contributed by atoms with van der Waals surface area (Å²) in [6.45, 7) is 0.443. The minimum Gasteiger partial charge on any atom is -0.394 e. The highest BCUT2D eigenvalue weighted by Crippen LogP contribution is 2.34. The number of benzene rings is 2. The predicted octanol–water partition coefficient (Wildman–Crippen LogP) is 3.17. The molecule has 0 radical (unpaired) electrons. The molecular weight excluding hydrogens is 358 g/mol. The summed E-state index contributed by atoms with van der Waals surface area (Å²) in [4.78, 5) is 0. The third kappa shape index (κ3) is 3.51. The molecule has 1 saturated heterocycles. The minimum absolute atomic E-state index is 0.0487. The largest absolute Gasteiger partial charge is 0.394 e. The van der Waals surface area contributed by atoms with Gasteiger partial charge in [0.05, 0.1) is 31.2 Å². The number of anilines is 1. The number of hydrogen-bond donors (Lipinski definition) is 2. The molecule has 8 heteroatoms. The second kappa shape index (κ2) is 7.59. The van der Waals surface area contributed by atoms with Gasteiger partial charge in [0.1, 0.15) is 0 Å². The van der Waals surface area contributed by atoms with Crippen molar-refractivity contribution in [2.45, 2.75) is 18.8 Å². The first-order chi connectivity index (χ1) is 13.2. The van der Waals surface area contributed by atoms with Crippen LogP contribution in [-0.4, -0.2) is 36.1 Å². The first-order valence-corrected chi connectivity index (χ1v) is 8.59. The van der Waals surface area contributed by atoms with Crippen LogP contribution in [0.2, 0.25) is 0 Å². The van der Waals surface area contributed by atoms with Gasteiger partial charge in [0.2, 0.25) is 11.4 Å². The third-order valence-corrected chi connectivity index (χ3v) is 4.44. The van der Waals surface area contributed by atoms with E-state index in [1.165, 1.54) is 6.07 Å². The molecule has 0 bridgehead atoms. The van der Waals surface area contributed by atoms with E-state index in [1.807, 2.05) is 30.3 Å². The van der Waals surface area contributed by atoms with Crippen LogP contribution in [0, 0.1) is 11.6 Å². The van der Waals surface area contributed by atoms with E-state index in [9.17, 15) is 13.9 Å². The van der Waals surface area contributed by atoms with Crippen LogP contribution in [0.15, 0.2) is 40.9 Å². The van der Waals surface area contributed by atoms with Gasteiger partial charge in [0, 0.05) is 5.56 Å². The van der Waals surface area contributed by atoms with Crippen molar-refractivity contribution < 1.29 is 27.9 Å². The Morgan fingerprint density at radius 2 is 1.89 bits per heavy atom. The lowest BCUT2D eigenvalue weighted by Gasteiger charge is -2.16. The molecule has 142 valence electrons. The molecular formula is C19H18F2N2O4. The Hall–Kier alpha value is -2.55. The molecule has 3 aromatic rings. The predicted molar refractivity (Wildman–Crippen MR) is 93.2 cm³/mol. The van der Waals surface area contributed by atoms with Crippen LogP contribution in [0.4, 0.5) is 14.6 Å². The van der Waals surface area contributed by atoms with Gasteiger partial charge in [-0.15, -0.1) is 0 Å². The lowest BCUT2D eigenvalue weighted by Crippen LogP contribution is -2.26. The Morgan fingerprint density at radius 3 is 2.59 bits per heavy atom. The number of fused-ring (bicyclic) bond motifs is 1. The normalized spacial score (nSPS) is 16.1. The number of aromatic nitrogens is 1. The first kappa shape index (κ1) is 17.8. The average molecular weight is 376 g/mol. The van der Waals surface area contributed by atoms with Crippen LogP contribution >= 0.6 is 0 Å². The maximum atomic E-state index is 14.4. The van der Waals surface area contributed by atoms with E-state index in [0.717, 1.165) is 5.56 Å². The standard InChI is InChI=1S/C19H18F2N2O4/c20-15-13(19-25-6-7-26-19)9-14-17(16(15)21)27-23-18(14)22-12(10-24)8-11-4-2-1-3-5-11/h1-5,9,12,19,24H,6-8,10H2,(H,22,23). The van der Waals surface area contributed by atoms with Crippen molar-refractivity contribution in [1.82, 2.24) is 5.16 Å². The van der Waals surface area contributed by atoms with Crippen molar-refractivity contribution in [2.24, 2.45) is 0 Å². The molecule has 1 atom stereocenters. The van der Waals surface area contributed by atoms with Crippen LogP contribution < -0.4 is 5.32 Å². The fraction of sp³-hybridized carbons (Fsp3) is 0.316. The summed E-state index contributed by atoms with van der Waals surface area (Å²) in [5.74, 6) is -2.01. The Labute approximate surface area is 153 Å². The zero-order chi connectivity index (χ0) is 18.8. The topological polar surface area (TPSA) is 76.8 Å². The van der Waals surface area contributed by atoms with Gasteiger partial charge < -0.3 is 24.4 Å². The van der Waals surface area contributed by atoms with Crippen molar-refractivity contribution in [3.8, 4) is 0 Å². The van der Waals surface area contributed by atoms with Crippen molar-refractivity contribution in [1.29, 1.82) is 0 Å². The van der Waals surface area contributed by atoms with Gasteiger partial charge >= 0.3 is 0 Å². The van der Waals surface area contributed by atoms with E-state index in [4.69, 9.17) is 14.0 Å². The monoisotopic (exact) mass is 376 g/mol. The molecule has 27 heavy (non-hydrogen) atoms. The number of rotatable bonds is 6. The zero-order valence-electron chi connectivity index (χ0n) is 14.3. The molecule has 1 aliphatic rings. The van der Waals surface area contributed by atoms with Crippen LogP contribution in [0.5, 0.6) is 0 Å². The number of aliphatic hydroxyl groups is 1. The van der Waals surface area contributed by atoms with Gasteiger partial charge in [-0.05, 0) is 18.1 Å². The molecule has 0 saturated carbocycles. The number of aliphatic hydroxyl groups excluding tert-OH is 1. The Morgan fingerprint density at radius 1 is 1.15 bits per heavy atom. The van der Waals surface area contributed by atoms with E-state index in [0.29, 0.717) is 19.6 Å². The highest BCUT2D eigenvalue weighted by molar-refractivity contribution is 5.89. The summed E-state index contributed by atoms with van der Waals surface area (Å²) in [5, 5.41) is 16.8. The fourth-order valence-electron chi connectivity index (χ4n) is 3.10. The van der Waals surface area contributed by atoms with Crippen molar-refractivity contribution in [3.05, 3.63) is 59.2 Å². The molecule has 0 spiro atoms. The van der Waals surface area contributed by atoms with Gasteiger partial charge in [-0.3, -0.25) is 0 Å². The molecule has 1 aliphatic heterocycles. The van der Waals surface area contributed by atoms with Gasteiger partial charge in [0.15, 0.2) is 17.9 Å². The number of halogens is 2. The second-order valence-electron chi connectivity index (χ2n) is 6.29. The van der Waals surface area contributed by atoms with Gasteiger partial charge in [-0.2, -0.15) is 4.39 Å². The SMILES string of the molecule is OCC(Cc1ccccc1)Nc1noc2c(F)c(F)c(C3OCCO3)cc12. The second-order valence-corrected chi connectivity index (χ2v) is 6.29. The molecule has 4 rings (SSSR count). The van der Waals surface area contributed by atoms with Crippen LogP contribution in [0.1, 0.15) is 17.4 Å². The third-order valence-electron chi connectivity index (χ3n) is 4.44. The maximum absolute atomic E-state index is 14.4. The van der Waals surface area contributed by atoms with Gasteiger partial charge in [-0.25, -0.2) is 4.39 Å². The van der Waals surface area contributed by atoms with Crippen molar-refractivity contribution in [2.75, 3.05) is 25.1 Å². The Balaban J connectivity index is 1.65. The van der Waals surface area contributed by atoms with Crippen LogP contribution in [0.25, 0.3) is 11.0 Å². The van der Waals surface area contributed by atoms with Gasteiger partial charge in [-0.1, -0.05) is 35.5 Å². The maximum Gasteiger partial charge on any atom is 0.207 e. The molecule has 1 fully saturated rings. The number of nitrogens with zero attached hydrogens (tertiary/aromatic N) is 1. The van der Waals surface area contributed by atoms with E-state index >= 15 is 0 Å². The number of nitrogens with one attached hydrogen (secondary N) is 1. The fourth-order valence-corrected chi connectivity index (χ4v) is 3.10. The van der Waals surface area contributed by atoms with E-state index in [1.54, 1.807) is 0 Å². The highest BCUT2D eigenvalue weighted by atomic mass is 19.2. The summed E-state index contributed by atoms with van der Waals surface area (Å²) < 4.78 is 44.3. The Bertz CT molecular complexity index is 926. The molecule has 0 aliphatic carbocycles. The summed E-state index contributed by atoms with van der Waals surface area (Å²) in [5.41, 5.74) is 0.669. The van der Waals surface area contributed by atoms with Crippen molar-refractivity contribution in [3.63, 3.8) is 0 Å². The van der Waals surface area contributed by atoms with Gasteiger partial charge in [0.25, 0.3) is 0 Å². The summed E-state index contributed by atoms with van der Waals surface area (Å²) >= 11 is 0. The highest BCUT2D eigenvalue weighted by Gasteiger charge is 2.28. The lowest BCUT2D eigenvalue weighted by molar-refractivity contribution is -0.0467. The quantitative estimate of drug-likeness (QED) is 0.688. The molecule has 0 amide bonds. The summed E-state index contributed by atoms with van der Waals surface area (Å²) in [7, 11) is 0. The van der Waals surface area contributed by atoms with E-state index in [-0.39, 0.29) is 35.0 Å². The molecule has 2 aromatic carbocycles. The molecule has 6 nitrogen and oxygen atoms in total. The van der Waals surface area contributed by atoms with E-state index < -0.39 is 17.9 Å². The molecule has 1 unspecified atom stereocenters. The van der Waals surface area contributed by atoms with Crippen LogP contribution in [-0.2, 0) is 15.9 Å². The summed E-state index contributed by atoms with van der Waals surface area (Å²) in [6, 6.07) is 10.6. The lowest BCUT2D eigenvalue weighted by atomic mass is 10.1. The molecule has 1 aromatic heterocycles. The summed E-state index contributed by atoms with van der Waals surface area (Å²) in [6.07, 6.45) is -0.443. The number of ether oxygens (including phenoxy) is 2. The van der Waals surface area contributed by atoms with Crippen molar-refractivity contribution >= 4 is 16.8 Å². The number of hydrogen-bond acceptors (Lipinski definition) is 6. The van der Waals surface area contributed by atoms with Crippen LogP contribution in [0.3, 0.4) is 0 Å². The smallest absolute Gasteiger partial charge is 0.207 e. The van der Waals surface area contributed by atoms with E-state index in [2.05, 4.69) is 10.5 Å².